The molecule has 0 aliphatic rings. The molecule has 3 rings (SSSR count). The monoisotopic (exact) mass is 609 g/mol. The first-order valence-corrected chi connectivity index (χ1v) is 14.3. The fraction of sp³-hybridized carbons (Fsp3) is 0.387. The number of aliphatic carboxylic acids is 2. The summed E-state index contributed by atoms with van der Waals surface area (Å²) in [6, 6.07) is 8.46. The average Bonchev–Trinajstić information content (AvgIpc) is 3.38. The lowest BCUT2D eigenvalue weighted by Crippen LogP contribution is -2.58. The second-order valence-corrected chi connectivity index (χ2v) is 11.1. The van der Waals surface area contributed by atoms with Crippen molar-refractivity contribution in [2.45, 2.75) is 70.1 Å². The number of nitrogens with one attached hydrogen (secondary N) is 4. The maximum Gasteiger partial charge on any atom is 0.326 e. The Labute approximate surface area is 254 Å². The van der Waals surface area contributed by atoms with Crippen molar-refractivity contribution in [1.82, 2.24) is 20.9 Å². The minimum Gasteiger partial charge on any atom is -0.508 e. The molecule has 236 valence electrons. The van der Waals surface area contributed by atoms with E-state index >= 15 is 0 Å². The molecule has 4 unspecified atom stereocenters. The van der Waals surface area contributed by atoms with Crippen LogP contribution >= 0.6 is 0 Å². The molecule has 0 aliphatic heterocycles. The Morgan fingerprint density at radius 2 is 1.43 bits per heavy atom. The van der Waals surface area contributed by atoms with Crippen LogP contribution in [0.15, 0.2) is 54.7 Å². The molecule has 0 aliphatic carbocycles. The van der Waals surface area contributed by atoms with E-state index in [0.717, 1.165) is 10.9 Å². The van der Waals surface area contributed by atoms with Gasteiger partial charge in [-0.3, -0.25) is 19.2 Å². The number of aromatic hydroxyl groups is 1. The summed E-state index contributed by atoms with van der Waals surface area (Å²) in [5.41, 5.74) is 7.92. The Morgan fingerprint density at radius 1 is 0.818 bits per heavy atom. The van der Waals surface area contributed by atoms with E-state index in [4.69, 9.17) is 10.8 Å². The molecule has 3 aromatic rings. The Balaban J connectivity index is 1.85. The number of para-hydroxylation sites is 1. The van der Waals surface area contributed by atoms with Crippen molar-refractivity contribution in [3.8, 4) is 5.75 Å². The number of phenolic OH excluding ortho intramolecular Hbond substituents is 1. The van der Waals surface area contributed by atoms with E-state index < -0.39 is 53.8 Å². The topological polar surface area (TPSA) is 224 Å². The molecule has 1 heterocycles. The van der Waals surface area contributed by atoms with Gasteiger partial charge >= 0.3 is 11.9 Å². The predicted molar refractivity (Wildman–Crippen MR) is 162 cm³/mol. The molecule has 13 heteroatoms. The third-order valence-electron chi connectivity index (χ3n) is 7.07. The van der Waals surface area contributed by atoms with E-state index in [1.54, 1.807) is 18.3 Å². The van der Waals surface area contributed by atoms with Crippen LogP contribution in [0.2, 0.25) is 0 Å². The maximum absolute atomic E-state index is 13.6. The zero-order valence-corrected chi connectivity index (χ0v) is 24.6. The van der Waals surface area contributed by atoms with E-state index in [2.05, 4.69) is 20.9 Å². The molecule has 0 radical (unpaired) electrons. The number of hydrogen-bond donors (Lipinski definition) is 8. The highest BCUT2D eigenvalue weighted by atomic mass is 16.4. The Hall–Kier alpha value is -4.91. The van der Waals surface area contributed by atoms with Crippen molar-refractivity contribution in [2.24, 2.45) is 11.7 Å². The number of nitrogens with two attached hydrogens (primary N) is 1. The molecule has 4 atom stereocenters. The number of carboxylic acids is 2. The molecule has 13 nitrogen and oxygen atoms in total. The van der Waals surface area contributed by atoms with Gasteiger partial charge < -0.3 is 42.0 Å². The second kappa shape index (κ2) is 15.5. The highest BCUT2D eigenvalue weighted by Gasteiger charge is 2.31. The lowest BCUT2D eigenvalue weighted by molar-refractivity contribution is -0.142. The minimum absolute atomic E-state index is 0.00755. The standard InChI is InChI=1S/C31H39N5O8/c1-17(2)13-24(34-28(40)22(32)11-12-27(38)39)29(41)35-25(15-19-16-33-23-6-4-3-5-21(19)23)30(42)36-26(31(43)44)14-18-7-9-20(37)10-8-18/h3-10,16-17,22,24-26,33,37H,11-15,32H2,1-2H3,(H,34,40)(H,35,41)(H,36,42)(H,38,39)(H,43,44). The Morgan fingerprint density at radius 3 is 2.07 bits per heavy atom. The number of carbonyl (C=O) groups excluding carboxylic acids is 3. The van der Waals surface area contributed by atoms with Crippen molar-refractivity contribution < 1.29 is 39.3 Å². The zero-order valence-electron chi connectivity index (χ0n) is 24.6. The highest BCUT2D eigenvalue weighted by Crippen LogP contribution is 2.20. The summed E-state index contributed by atoms with van der Waals surface area (Å²) < 4.78 is 0. The summed E-state index contributed by atoms with van der Waals surface area (Å²) in [6.07, 6.45) is 1.39. The van der Waals surface area contributed by atoms with Crippen LogP contribution in [0.5, 0.6) is 5.75 Å². The van der Waals surface area contributed by atoms with Gasteiger partial charge in [-0.25, -0.2) is 4.79 Å². The normalized spacial score (nSPS) is 13.9. The van der Waals surface area contributed by atoms with Crippen LogP contribution in [0.25, 0.3) is 10.9 Å². The molecule has 0 bridgehead atoms. The van der Waals surface area contributed by atoms with Gasteiger partial charge in [0.15, 0.2) is 0 Å². The smallest absolute Gasteiger partial charge is 0.326 e. The SMILES string of the molecule is CC(C)CC(NC(=O)C(N)CCC(=O)O)C(=O)NC(Cc1c[nH]c2ccccc12)C(=O)NC(Cc1ccc(O)cc1)C(=O)O. The molecule has 0 saturated heterocycles. The molecule has 9 N–H and O–H groups in total. The van der Waals surface area contributed by atoms with Gasteiger partial charge in [-0.2, -0.15) is 0 Å². The maximum atomic E-state index is 13.6. The van der Waals surface area contributed by atoms with Crippen LogP contribution in [-0.4, -0.2) is 74.1 Å². The number of aromatic amines is 1. The fourth-order valence-electron chi connectivity index (χ4n) is 4.73. The first kappa shape index (κ1) is 33.6. The number of amides is 3. The number of phenols is 1. The van der Waals surface area contributed by atoms with Gasteiger partial charge in [0, 0.05) is 36.4 Å². The molecule has 1 aromatic heterocycles. The second-order valence-electron chi connectivity index (χ2n) is 11.1. The van der Waals surface area contributed by atoms with Crippen LogP contribution < -0.4 is 21.7 Å². The van der Waals surface area contributed by atoms with Crippen LogP contribution in [0, 0.1) is 5.92 Å². The lowest BCUT2D eigenvalue weighted by Gasteiger charge is -2.26. The van der Waals surface area contributed by atoms with Gasteiger partial charge in [0.05, 0.1) is 6.04 Å². The molecule has 2 aromatic carbocycles. The third kappa shape index (κ3) is 9.83. The predicted octanol–water partition coefficient (Wildman–Crippen LogP) is 1.44. The molecule has 3 amide bonds. The summed E-state index contributed by atoms with van der Waals surface area (Å²) in [7, 11) is 0. The lowest BCUT2D eigenvalue weighted by atomic mass is 9.99. The van der Waals surface area contributed by atoms with Gasteiger partial charge in [-0.1, -0.05) is 44.2 Å². The van der Waals surface area contributed by atoms with Crippen molar-refractivity contribution >= 4 is 40.6 Å². The van der Waals surface area contributed by atoms with Crippen molar-refractivity contribution in [2.75, 3.05) is 0 Å². The first-order chi connectivity index (χ1) is 20.8. The number of carboxylic acid groups (broad SMARTS) is 2. The Bertz CT molecular complexity index is 1470. The minimum atomic E-state index is -1.34. The molecule has 44 heavy (non-hydrogen) atoms. The van der Waals surface area contributed by atoms with E-state index in [1.807, 2.05) is 38.1 Å². The average molecular weight is 610 g/mol. The van der Waals surface area contributed by atoms with E-state index in [-0.39, 0.29) is 43.8 Å². The summed E-state index contributed by atoms with van der Waals surface area (Å²) in [5.74, 6) is -4.57. The zero-order chi connectivity index (χ0) is 32.4. The molecular formula is C31H39N5O8. The number of H-pyrrole nitrogens is 1. The number of rotatable bonds is 16. The van der Waals surface area contributed by atoms with Gasteiger partial charge in [-0.15, -0.1) is 0 Å². The quantitative estimate of drug-likeness (QED) is 0.117. The van der Waals surface area contributed by atoms with Crippen molar-refractivity contribution in [3.63, 3.8) is 0 Å². The van der Waals surface area contributed by atoms with Crippen LogP contribution in [-0.2, 0) is 36.8 Å². The summed E-state index contributed by atoms with van der Waals surface area (Å²) in [5, 5.41) is 36.9. The van der Waals surface area contributed by atoms with E-state index in [9.17, 15) is 34.2 Å². The first-order valence-electron chi connectivity index (χ1n) is 14.3. The van der Waals surface area contributed by atoms with E-state index in [1.165, 1.54) is 12.1 Å². The highest BCUT2D eigenvalue weighted by molar-refractivity contribution is 5.95. The van der Waals surface area contributed by atoms with Crippen LogP contribution in [0.4, 0.5) is 0 Å². The van der Waals surface area contributed by atoms with Gasteiger partial charge in [0.25, 0.3) is 0 Å². The summed E-state index contributed by atoms with van der Waals surface area (Å²) >= 11 is 0. The number of aromatic nitrogens is 1. The third-order valence-corrected chi connectivity index (χ3v) is 7.07. The Kier molecular flexibility index (Phi) is 11.9. The van der Waals surface area contributed by atoms with Crippen LogP contribution in [0.3, 0.4) is 0 Å². The molecule has 0 fully saturated rings. The number of fused-ring (bicyclic) bond motifs is 1. The van der Waals surface area contributed by atoms with Crippen molar-refractivity contribution in [3.05, 3.63) is 65.9 Å². The number of benzene rings is 2. The van der Waals surface area contributed by atoms with Crippen LogP contribution in [0.1, 0.15) is 44.2 Å². The molecule has 0 spiro atoms. The molecule has 0 saturated carbocycles. The summed E-state index contributed by atoms with van der Waals surface area (Å²) in [4.78, 5) is 66.0. The molecular weight excluding hydrogens is 570 g/mol. The summed E-state index contributed by atoms with van der Waals surface area (Å²) in [6.45, 7) is 3.68. The van der Waals surface area contributed by atoms with Crippen molar-refractivity contribution in [1.29, 1.82) is 0 Å². The number of carbonyl (C=O) groups is 5. The van der Waals surface area contributed by atoms with Gasteiger partial charge in [0.1, 0.15) is 23.9 Å². The largest absolute Gasteiger partial charge is 0.508 e. The van der Waals surface area contributed by atoms with E-state index in [0.29, 0.717) is 11.1 Å². The number of hydrogen-bond acceptors (Lipinski definition) is 7. The van der Waals surface area contributed by atoms with Gasteiger partial charge in [-0.05, 0) is 48.1 Å². The fourth-order valence-corrected chi connectivity index (χ4v) is 4.73. The van der Waals surface area contributed by atoms with Gasteiger partial charge in [0.2, 0.25) is 17.7 Å².